The molecule has 1 aromatic carbocycles. The molecule has 1 aromatic heterocycles. The number of nitrogens with one attached hydrogen (secondary N) is 1. The molecule has 0 unspecified atom stereocenters. The van der Waals surface area contributed by atoms with Crippen LogP contribution in [0.5, 0.6) is 0 Å². The summed E-state index contributed by atoms with van der Waals surface area (Å²) in [5.74, 6) is -2.81. The number of hydrogen-bond acceptors (Lipinski definition) is 6. The van der Waals surface area contributed by atoms with Gasteiger partial charge in [-0.2, -0.15) is 8.78 Å². The molecule has 0 saturated carbocycles. The lowest BCUT2D eigenvalue weighted by Gasteiger charge is -2.43. The van der Waals surface area contributed by atoms with Crippen LogP contribution in [0.15, 0.2) is 18.2 Å². The summed E-state index contributed by atoms with van der Waals surface area (Å²) >= 11 is 0. The van der Waals surface area contributed by atoms with Crippen LogP contribution in [0.4, 0.5) is 14.7 Å². The molecule has 0 radical (unpaired) electrons. The van der Waals surface area contributed by atoms with Crippen molar-refractivity contribution in [3.63, 3.8) is 0 Å². The summed E-state index contributed by atoms with van der Waals surface area (Å²) in [4.78, 5) is 10.7. The lowest BCUT2D eigenvalue weighted by Crippen LogP contribution is -2.59. The van der Waals surface area contributed by atoms with Gasteiger partial charge in [-0.1, -0.05) is 26.0 Å². The number of rotatable bonds is 4. The van der Waals surface area contributed by atoms with Crippen molar-refractivity contribution in [1.29, 1.82) is 0 Å². The summed E-state index contributed by atoms with van der Waals surface area (Å²) in [7, 11) is -3.39. The molecule has 1 saturated heterocycles. The summed E-state index contributed by atoms with van der Waals surface area (Å²) in [5, 5.41) is 9.91. The number of fused-ring (bicyclic) bond motifs is 2. The zero-order valence-electron chi connectivity index (χ0n) is 19.1. The molecule has 2 aliphatic carbocycles. The van der Waals surface area contributed by atoms with Gasteiger partial charge in [-0.15, -0.1) is 0 Å². The third kappa shape index (κ3) is 3.72. The number of halogens is 2. The number of sulfonamides is 1. The standard InChI is InChI=1S/C23H28F2N4O3S/c1-12-18(30)11-29(12)21-26-19(15-7-8-23(24,25)20(15)27-21)13-5-6-14-16(9-13)22(2,3)10-17(14)28-33(4,31)32/h5-6,9,12,17-18,28,30H,7-8,10-11H2,1-4H3/t12-,17-,18+/m0/s1. The van der Waals surface area contributed by atoms with E-state index in [1.807, 2.05) is 39.0 Å². The van der Waals surface area contributed by atoms with Gasteiger partial charge >= 0.3 is 0 Å². The molecular formula is C23H28F2N4O3S. The van der Waals surface area contributed by atoms with Gasteiger partial charge in [0.2, 0.25) is 16.0 Å². The maximum Gasteiger partial charge on any atom is 0.290 e. The highest BCUT2D eigenvalue weighted by atomic mass is 32.2. The number of benzene rings is 1. The molecule has 7 nitrogen and oxygen atoms in total. The minimum absolute atomic E-state index is 0.189. The summed E-state index contributed by atoms with van der Waals surface area (Å²) in [6.07, 6.45) is 1.10. The highest BCUT2D eigenvalue weighted by Gasteiger charge is 2.45. The lowest BCUT2D eigenvalue weighted by atomic mass is 9.85. The topological polar surface area (TPSA) is 95.4 Å². The number of β-amino-alcohol motifs (C(OH)–C–C–N with tert-alkyl or cyclic N) is 1. The third-order valence-electron chi connectivity index (χ3n) is 7.22. The second-order valence-corrected chi connectivity index (χ2v) is 12.0. The first kappa shape index (κ1) is 22.6. The largest absolute Gasteiger partial charge is 0.389 e. The van der Waals surface area contributed by atoms with Crippen LogP contribution < -0.4 is 9.62 Å². The average Bonchev–Trinajstić information content (AvgIpc) is 3.16. The van der Waals surface area contributed by atoms with Gasteiger partial charge in [-0.3, -0.25) is 0 Å². The number of nitrogens with zero attached hydrogens (tertiary/aromatic N) is 3. The van der Waals surface area contributed by atoms with E-state index in [0.717, 1.165) is 17.4 Å². The first-order valence-corrected chi connectivity index (χ1v) is 13.0. The molecule has 33 heavy (non-hydrogen) atoms. The van der Waals surface area contributed by atoms with Crippen molar-refractivity contribution >= 4 is 16.0 Å². The van der Waals surface area contributed by atoms with Gasteiger partial charge in [0.1, 0.15) is 5.69 Å². The molecule has 2 N–H and O–H groups in total. The summed E-state index contributed by atoms with van der Waals surface area (Å²) in [5.41, 5.74) is 3.00. The number of aromatic nitrogens is 2. The number of hydrogen-bond donors (Lipinski definition) is 2. The summed E-state index contributed by atoms with van der Waals surface area (Å²) in [6.45, 7) is 6.22. The molecule has 0 amide bonds. The van der Waals surface area contributed by atoms with Crippen LogP contribution in [0.1, 0.15) is 62.0 Å². The fourth-order valence-electron chi connectivity index (χ4n) is 5.32. The van der Waals surface area contributed by atoms with Crippen molar-refractivity contribution in [2.24, 2.45) is 0 Å². The van der Waals surface area contributed by atoms with E-state index in [2.05, 4.69) is 9.71 Å². The van der Waals surface area contributed by atoms with Crippen molar-refractivity contribution in [2.45, 2.75) is 69.6 Å². The van der Waals surface area contributed by atoms with Gasteiger partial charge in [0.15, 0.2) is 0 Å². The Kier molecular flexibility index (Phi) is 4.91. The minimum Gasteiger partial charge on any atom is -0.389 e. The quantitative estimate of drug-likeness (QED) is 0.702. The third-order valence-corrected chi connectivity index (χ3v) is 7.93. The Bertz CT molecular complexity index is 1250. The zero-order valence-corrected chi connectivity index (χ0v) is 19.9. The van der Waals surface area contributed by atoms with E-state index in [4.69, 9.17) is 4.98 Å². The van der Waals surface area contributed by atoms with Crippen molar-refractivity contribution in [1.82, 2.24) is 14.7 Å². The smallest absolute Gasteiger partial charge is 0.290 e. The van der Waals surface area contributed by atoms with E-state index in [1.54, 1.807) is 4.90 Å². The predicted octanol–water partition coefficient (Wildman–Crippen LogP) is 3.02. The Balaban J connectivity index is 1.63. The van der Waals surface area contributed by atoms with E-state index < -0.39 is 22.0 Å². The second-order valence-electron chi connectivity index (χ2n) is 10.2. The van der Waals surface area contributed by atoms with Crippen LogP contribution in [0.2, 0.25) is 0 Å². The summed E-state index contributed by atoms with van der Waals surface area (Å²) in [6, 6.07) is 5.08. The predicted molar refractivity (Wildman–Crippen MR) is 121 cm³/mol. The van der Waals surface area contributed by atoms with E-state index in [1.165, 1.54) is 0 Å². The zero-order chi connectivity index (χ0) is 23.9. The van der Waals surface area contributed by atoms with Gasteiger partial charge in [0.05, 0.1) is 24.1 Å². The monoisotopic (exact) mass is 478 g/mol. The van der Waals surface area contributed by atoms with E-state index in [9.17, 15) is 22.3 Å². The maximum absolute atomic E-state index is 14.7. The van der Waals surface area contributed by atoms with E-state index >= 15 is 0 Å². The fourth-order valence-corrected chi connectivity index (χ4v) is 6.05. The number of aliphatic hydroxyl groups is 1. The summed E-state index contributed by atoms with van der Waals surface area (Å²) < 4.78 is 55.8. The van der Waals surface area contributed by atoms with Gasteiger partial charge < -0.3 is 10.0 Å². The minimum atomic E-state index is -3.39. The van der Waals surface area contributed by atoms with Crippen LogP contribution in [-0.4, -0.2) is 48.4 Å². The SMILES string of the molecule is C[C@H]1[C@H](O)CN1c1nc(-c2ccc3c(c2)C(C)(C)C[C@@H]3NS(C)(=O)=O)c2c(n1)C(F)(F)CC2. The molecule has 2 aromatic rings. The maximum atomic E-state index is 14.7. The van der Waals surface area contributed by atoms with Crippen molar-refractivity contribution < 1.29 is 22.3 Å². The van der Waals surface area contributed by atoms with Crippen LogP contribution in [0, 0.1) is 0 Å². The molecule has 3 atom stereocenters. The van der Waals surface area contributed by atoms with E-state index in [0.29, 0.717) is 29.8 Å². The molecule has 1 fully saturated rings. The van der Waals surface area contributed by atoms with E-state index in [-0.39, 0.29) is 42.0 Å². The first-order chi connectivity index (χ1) is 15.3. The first-order valence-electron chi connectivity index (χ1n) is 11.1. The molecule has 2 heterocycles. The van der Waals surface area contributed by atoms with Crippen LogP contribution >= 0.6 is 0 Å². The van der Waals surface area contributed by atoms with Crippen LogP contribution in [-0.2, 0) is 27.8 Å². The second kappa shape index (κ2) is 7.16. The highest BCUT2D eigenvalue weighted by Crippen LogP contribution is 2.48. The Morgan fingerprint density at radius 2 is 1.97 bits per heavy atom. The van der Waals surface area contributed by atoms with Crippen LogP contribution in [0.3, 0.4) is 0 Å². The lowest BCUT2D eigenvalue weighted by molar-refractivity contribution is -0.00603. The van der Waals surface area contributed by atoms with Gasteiger partial charge in [-0.25, -0.2) is 23.1 Å². The molecule has 1 aliphatic heterocycles. The molecule has 0 bridgehead atoms. The molecule has 0 spiro atoms. The Hall–Kier alpha value is -2.17. The van der Waals surface area contributed by atoms with Crippen molar-refractivity contribution in [3.05, 3.63) is 40.6 Å². The average molecular weight is 479 g/mol. The van der Waals surface area contributed by atoms with Gasteiger partial charge in [-0.05, 0) is 42.4 Å². The Morgan fingerprint density at radius 3 is 2.61 bits per heavy atom. The highest BCUT2D eigenvalue weighted by molar-refractivity contribution is 7.88. The Morgan fingerprint density at radius 1 is 1.24 bits per heavy atom. The fraction of sp³-hybridized carbons (Fsp3) is 0.565. The molecular weight excluding hydrogens is 450 g/mol. The molecule has 5 rings (SSSR count). The normalized spacial score (nSPS) is 27.2. The molecule has 3 aliphatic rings. The Labute approximate surface area is 192 Å². The molecule has 178 valence electrons. The van der Waals surface area contributed by atoms with Gasteiger partial charge in [0, 0.05) is 30.1 Å². The van der Waals surface area contributed by atoms with Crippen LogP contribution in [0.25, 0.3) is 11.3 Å². The number of anilines is 1. The van der Waals surface area contributed by atoms with Crippen molar-refractivity contribution in [2.75, 3.05) is 17.7 Å². The van der Waals surface area contributed by atoms with Gasteiger partial charge in [0.25, 0.3) is 5.92 Å². The molecule has 10 heteroatoms. The number of aliphatic hydroxyl groups excluding tert-OH is 1. The van der Waals surface area contributed by atoms with Crippen molar-refractivity contribution in [3.8, 4) is 11.3 Å². The number of alkyl halides is 2.